The third kappa shape index (κ3) is 2.37. The maximum absolute atomic E-state index is 11.7. The Balaban J connectivity index is 2.63. The number of methoxy groups -OCH3 is 3. The number of benzene rings is 1. The summed E-state index contributed by atoms with van der Waals surface area (Å²) < 4.78 is 16.4. The molecule has 0 aliphatic heterocycles. The molecule has 0 aliphatic carbocycles. The zero-order chi connectivity index (χ0) is 13.8. The lowest BCUT2D eigenvalue weighted by molar-refractivity contribution is -0.594. The van der Waals surface area contributed by atoms with Crippen molar-refractivity contribution in [3.05, 3.63) is 35.9 Å². The minimum atomic E-state index is 0.404. The summed E-state index contributed by atoms with van der Waals surface area (Å²) >= 11 is 0. The molecule has 0 fully saturated rings. The highest BCUT2D eigenvalue weighted by Gasteiger charge is 2.17. The van der Waals surface area contributed by atoms with E-state index >= 15 is 0 Å². The number of rotatable bonds is 4. The van der Waals surface area contributed by atoms with Crippen LogP contribution in [0.2, 0.25) is 0 Å². The molecule has 0 unspecified atom stereocenters. The topological polar surface area (TPSA) is 67.5 Å². The van der Waals surface area contributed by atoms with Gasteiger partial charge in [0.15, 0.2) is 17.7 Å². The molecule has 0 amide bonds. The van der Waals surface area contributed by atoms with Gasteiger partial charge in [0.2, 0.25) is 11.4 Å². The van der Waals surface area contributed by atoms with Gasteiger partial charge in [0, 0.05) is 0 Å². The SMILES string of the molecule is COc1cc(-c2cncc[n+]2[O-])cc(OC)c1OC. The standard InChI is InChI=1S/C13H14N2O4/c1-17-11-6-9(7-12(18-2)13(11)19-3)10-8-14-4-5-15(10)16/h4-8H,1-3H3. The summed E-state index contributed by atoms with van der Waals surface area (Å²) in [4.78, 5) is 3.94. The minimum Gasteiger partial charge on any atom is -0.618 e. The maximum atomic E-state index is 11.7. The maximum Gasteiger partial charge on any atom is 0.242 e. The normalized spacial score (nSPS) is 10.1. The molecule has 19 heavy (non-hydrogen) atoms. The van der Waals surface area contributed by atoms with Gasteiger partial charge in [0.05, 0.1) is 33.1 Å². The molecule has 0 atom stereocenters. The van der Waals surface area contributed by atoms with Gasteiger partial charge in [-0.2, -0.15) is 4.73 Å². The molecule has 6 heteroatoms. The zero-order valence-electron chi connectivity index (χ0n) is 10.9. The summed E-state index contributed by atoms with van der Waals surface area (Å²) in [6, 6.07) is 3.40. The predicted octanol–water partition coefficient (Wildman–Crippen LogP) is 1.41. The fraction of sp³-hybridized carbons (Fsp3) is 0.231. The first-order chi connectivity index (χ1) is 9.21. The van der Waals surface area contributed by atoms with Crippen LogP contribution >= 0.6 is 0 Å². The second-order valence-electron chi connectivity index (χ2n) is 3.70. The minimum absolute atomic E-state index is 0.404. The summed E-state index contributed by atoms with van der Waals surface area (Å²) in [6.45, 7) is 0. The van der Waals surface area contributed by atoms with Crippen LogP contribution in [0, 0.1) is 5.21 Å². The number of ether oxygens (including phenoxy) is 3. The van der Waals surface area contributed by atoms with E-state index in [1.165, 1.54) is 39.9 Å². The van der Waals surface area contributed by atoms with Crippen molar-refractivity contribution in [1.82, 2.24) is 4.98 Å². The Morgan fingerprint density at radius 1 is 1.05 bits per heavy atom. The molecule has 2 aromatic rings. The second-order valence-corrected chi connectivity index (χ2v) is 3.70. The molecule has 0 saturated heterocycles. The average Bonchev–Trinajstić information content (AvgIpc) is 2.46. The van der Waals surface area contributed by atoms with Crippen LogP contribution in [-0.4, -0.2) is 26.3 Å². The van der Waals surface area contributed by atoms with Crippen LogP contribution in [0.25, 0.3) is 11.3 Å². The van der Waals surface area contributed by atoms with Crippen LogP contribution in [0.1, 0.15) is 0 Å². The van der Waals surface area contributed by atoms with Crippen LogP contribution in [-0.2, 0) is 0 Å². The van der Waals surface area contributed by atoms with Gasteiger partial charge in [0.25, 0.3) is 0 Å². The number of hydrogen-bond acceptors (Lipinski definition) is 5. The van der Waals surface area contributed by atoms with Gasteiger partial charge in [-0.15, -0.1) is 0 Å². The van der Waals surface area contributed by atoms with Crippen molar-refractivity contribution in [2.45, 2.75) is 0 Å². The molecule has 1 aromatic heterocycles. The summed E-state index contributed by atoms with van der Waals surface area (Å²) in [5.41, 5.74) is 1.04. The molecular formula is C13H14N2O4. The van der Waals surface area contributed by atoms with Gasteiger partial charge in [0.1, 0.15) is 6.20 Å². The van der Waals surface area contributed by atoms with Gasteiger partial charge in [-0.05, 0) is 12.1 Å². The van der Waals surface area contributed by atoms with Gasteiger partial charge in [-0.25, -0.2) is 0 Å². The van der Waals surface area contributed by atoms with Crippen molar-refractivity contribution >= 4 is 0 Å². The van der Waals surface area contributed by atoms with E-state index in [0.717, 1.165) is 4.73 Å². The molecule has 2 rings (SSSR count). The van der Waals surface area contributed by atoms with E-state index in [1.54, 1.807) is 12.1 Å². The Hall–Kier alpha value is -2.50. The molecule has 0 N–H and O–H groups in total. The van der Waals surface area contributed by atoms with E-state index in [1.807, 2.05) is 0 Å². The second kappa shape index (κ2) is 5.43. The first-order valence-electron chi connectivity index (χ1n) is 5.54. The zero-order valence-corrected chi connectivity index (χ0v) is 10.9. The van der Waals surface area contributed by atoms with Crippen molar-refractivity contribution in [2.24, 2.45) is 0 Å². The largest absolute Gasteiger partial charge is 0.618 e. The first kappa shape index (κ1) is 12.9. The van der Waals surface area contributed by atoms with Crippen LogP contribution in [0.15, 0.2) is 30.7 Å². The first-order valence-corrected chi connectivity index (χ1v) is 5.54. The molecule has 100 valence electrons. The third-order valence-electron chi connectivity index (χ3n) is 2.68. The lowest BCUT2D eigenvalue weighted by atomic mass is 10.1. The van der Waals surface area contributed by atoms with E-state index in [2.05, 4.69) is 4.98 Å². The van der Waals surface area contributed by atoms with Gasteiger partial charge >= 0.3 is 0 Å². The number of hydrogen-bond donors (Lipinski definition) is 0. The van der Waals surface area contributed by atoms with Crippen LogP contribution in [0.4, 0.5) is 0 Å². The summed E-state index contributed by atoms with van der Waals surface area (Å²) in [5.74, 6) is 1.46. The highest BCUT2D eigenvalue weighted by molar-refractivity contribution is 5.66. The lowest BCUT2D eigenvalue weighted by Crippen LogP contribution is -2.28. The highest BCUT2D eigenvalue weighted by Crippen LogP contribution is 2.40. The van der Waals surface area contributed by atoms with Crippen LogP contribution in [0.5, 0.6) is 17.2 Å². The van der Waals surface area contributed by atoms with Crippen molar-refractivity contribution in [3.8, 4) is 28.5 Å². The van der Waals surface area contributed by atoms with Gasteiger partial charge in [-0.1, -0.05) is 0 Å². The van der Waals surface area contributed by atoms with Gasteiger partial charge < -0.3 is 19.4 Å². The Bertz CT molecular complexity index is 562. The number of aromatic nitrogens is 2. The molecule has 0 aliphatic rings. The highest BCUT2D eigenvalue weighted by atomic mass is 16.5. The molecule has 0 radical (unpaired) electrons. The molecule has 0 bridgehead atoms. The quantitative estimate of drug-likeness (QED) is 0.615. The fourth-order valence-corrected chi connectivity index (χ4v) is 1.78. The average molecular weight is 262 g/mol. The van der Waals surface area contributed by atoms with E-state index < -0.39 is 0 Å². The van der Waals surface area contributed by atoms with E-state index in [-0.39, 0.29) is 0 Å². The van der Waals surface area contributed by atoms with E-state index in [0.29, 0.717) is 28.5 Å². The van der Waals surface area contributed by atoms with Crippen molar-refractivity contribution in [1.29, 1.82) is 0 Å². The molecular weight excluding hydrogens is 248 g/mol. The molecule has 6 nitrogen and oxygen atoms in total. The molecule has 1 aromatic carbocycles. The van der Waals surface area contributed by atoms with E-state index in [4.69, 9.17) is 14.2 Å². The molecule has 0 saturated carbocycles. The van der Waals surface area contributed by atoms with Crippen molar-refractivity contribution < 1.29 is 18.9 Å². The molecule has 0 spiro atoms. The number of nitrogens with zero attached hydrogens (tertiary/aromatic N) is 2. The Morgan fingerprint density at radius 2 is 1.68 bits per heavy atom. The lowest BCUT2D eigenvalue weighted by Gasteiger charge is -2.13. The van der Waals surface area contributed by atoms with Crippen LogP contribution in [0.3, 0.4) is 0 Å². The van der Waals surface area contributed by atoms with E-state index in [9.17, 15) is 5.21 Å². The van der Waals surface area contributed by atoms with Crippen molar-refractivity contribution in [2.75, 3.05) is 21.3 Å². The fourth-order valence-electron chi connectivity index (χ4n) is 1.78. The summed E-state index contributed by atoms with van der Waals surface area (Å²) in [6.07, 6.45) is 4.24. The summed E-state index contributed by atoms with van der Waals surface area (Å²) in [5, 5.41) is 11.7. The summed E-state index contributed by atoms with van der Waals surface area (Å²) in [7, 11) is 4.57. The van der Waals surface area contributed by atoms with Gasteiger partial charge in [-0.3, -0.25) is 4.98 Å². The smallest absolute Gasteiger partial charge is 0.242 e. The Kier molecular flexibility index (Phi) is 3.70. The van der Waals surface area contributed by atoms with Crippen molar-refractivity contribution in [3.63, 3.8) is 0 Å². The third-order valence-corrected chi connectivity index (χ3v) is 2.68. The predicted molar refractivity (Wildman–Crippen MR) is 68.3 cm³/mol. The van der Waals surface area contributed by atoms with Crippen LogP contribution < -0.4 is 18.9 Å². The Labute approximate surface area is 110 Å². The monoisotopic (exact) mass is 262 g/mol. The molecule has 1 heterocycles. The Morgan fingerprint density at radius 3 is 2.16 bits per heavy atom.